The molecule has 0 atom stereocenters. The quantitative estimate of drug-likeness (QED) is 0.165. The molecular formula is C15H36O9Si. The summed E-state index contributed by atoms with van der Waals surface area (Å²) in [4.78, 5) is 39.5. The Kier molecular flexibility index (Phi) is 25.0. The molecule has 0 spiro atoms. The van der Waals surface area contributed by atoms with Gasteiger partial charge in [-0.15, -0.1) is 0 Å². The molecule has 0 heterocycles. The third kappa shape index (κ3) is 51.7. The molecule has 0 aromatic carbocycles. The van der Waals surface area contributed by atoms with Gasteiger partial charge in [0.15, 0.2) is 0 Å². The smallest absolute Gasteiger partial charge is 0.481 e. The largest absolute Gasteiger partial charge is 0.668 e. The maximum absolute atomic E-state index is 10.2. The van der Waals surface area contributed by atoms with Gasteiger partial charge >= 0.3 is 15.0 Å². The van der Waals surface area contributed by atoms with Crippen molar-refractivity contribution in [2.24, 2.45) is 0 Å². The van der Waals surface area contributed by atoms with Gasteiger partial charge in [0.2, 0.25) is 0 Å². The second-order valence-electron chi connectivity index (χ2n) is 5.59. The van der Waals surface area contributed by atoms with Crippen molar-refractivity contribution >= 4 is 15.0 Å². The summed E-state index contributed by atoms with van der Waals surface area (Å²) in [6, 6.07) is 0. The molecule has 0 saturated carbocycles. The van der Waals surface area contributed by atoms with Gasteiger partial charge < -0.3 is 39.6 Å². The van der Waals surface area contributed by atoms with Gasteiger partial charge in [-0.25, -0.2) is 0 Å². The minimum atomic E-state index is -4.61. The normalized spacial score (nSPS) is 10.6. The zero-order valence-corrected chi connectivity index (χ0v) is 16.0. The lowest BCUT2D eigenvalue weighted by Gasteiger charge is -2.00. The molecule has 0 unspecified atom stereocenters. The van der Waals surface area contributed by atoms with Crippen LogP contribution in [0.4, 0.5) is 0 Å². The van der Waals surface area contributed by atoms with Gasteiger partial charge in [0.05, 0.1) is 13.2 Å². The molecule has 0 bridgehead atoms. The van der Waals surface area contributed by atoms with E-state index in [0.717, 1.165) is 12.8 Å². The Labute approximate surface area is 150 Å². The Morgan fingerprint density at radius 1 is 0.800 bits per heavy atom. The Morgan fingerprint density at radius 2 is 1.12 bits per heavy atom. The molecule has 10 heteroatoms. The standard InChI is InChI=1S/C12H24O2.C3H8O3.H4O4Si/c1-2-3-4-5-6-7-8-9-10-11-12(13)14;4-1-3(6)2-5;1-5(2,3)4/h2-11H2,1H3,(H,13,14);3-6H,1-2H2;1-4H. The minimum absolute atomic E-state index is 0.343. The van der Waals surface area contributed by atoms with Crippen molar-refractivity contribution in [3.63, 3.8) is 0 Å². The highest BCUT2D eigenvalue weighted by Gasteiger charge is 2.22. The maximum atomic E-state index is 10.2. The summed E-state index contributed by atoms with van der Waals surface area (Å²) in [5, 5.41) is 32.4. The zero-order valence-electron chi connectivity index (χ0n) is 15.0. The summed E-state index contributed by atoms with van der Waals surface area (Å²) < 4.78 is 0. The topological polar surface area (TPSA) is 179 Å². The van der Waals surface area contributed by atoms with Gasteiger partial charge in [0.25, 0.3) is 0 Å². The monoisotopic (exact) mass is 388 g/mol. The van der Waals surface area contributed by atoms with Crippen LogP contribution in [0.1, 0.15) is 71.1 Å². The van der Waals surface area contributed by atoms with E-state index in [4.69, 9.17) is 39.6 Å². The van der Waals surface area contributed by atoms with Crippen LogP contribution in [0.2, 0.25) is 0 Å². The number of carboxylic acid groups (broad SMARTS) is 1. The van der Waals surface area contributed by atoms with Crippen LogP contribution in [-0.4, -0.2) is 73.9 Å². The molecule has 0 saturated heterocycles. The van der Waals surface area contributed by atoms with Crippen molar-refractivity contribution < 1.29 is 44.4 Å². The van der Waals surface area contributed by atoms with Crippen LogP contribution in [0.15, 0.2) is 0 Å². The average Bonchev–Trinajstić information content (AvgIpc) is 2.51. The Bertz CT molecular complexity index is 262. The van der Waals surface area contributed by atoms with Crippen LogP contribution in [0, 0.1) is 0 Å². The van der Waals surface area contributed by atoms with Gasteiger partial charge in [0.1, 0.15) is 6.10 Å². The number of unbranched alkanes of at least 4 members (excludes halogenated alkanes) is 8. The summed E-state index contributed by atoms with van der Waals surface area (Å²) in [7, 11) is -4.61. The summed E-state index contributed by atoms with van der Waals surface area (Å²) in [6.07, 6.45) is 10.5. The highest BCUT2D eigenvalue weighted by atomic mass is 28.4. The first-order chi connectivity index (χ1) is 11.6. The predicted octanol–water partition coefficient (Wildman–Crippen LogP) is -0.285. The summed E-state index contributed by atoms with van der Waals surface area (Å²) in [5.41, 5.74) is 0. The number of aliphatic hydroxyl groups is 3. The third-order valence-corrected chi connectivity index (χ3v) is 2.92. The van der Waals surface area contributed by atoms with E-state index < -0.39 is 21.1 Å². The Morgan fingerprint density at radius 3 is 1.36 bits per heavy atom. The predicted molar refractivity (Wildman–Crippen MR) is 94.3 cm³/mol. The number of aliphatic hydroxyl groups excluding tert-OH is 3. The molecule has 0 aromatic heterocycles. The summed E-state index contributed by atoms with van der Waals surface area (Å²) in [6.45, 7) is 1.50. The van der Waals surface area contributed by atoms with Crippen molar-refractivity contribution in [3.8, 4) is 0 Å². The fourth-order valence-corrected chi connectivity index (χ4v) is 1.64. The average molecular weight is 389 g/mol. The van der Waals surface area contributed by atoms with E-state index in [1.54, 1.807) is 0 Å². The van der Waals surface area contributed by atoms with Crippen molar-refractivity contribution in [1.29, 1.82) is 0 Å². The second-order valence-corrected chi connectivity index (χ2v) is 6.79. The molecule has 9 nitrogen and oxygen atoms in total. The van der Waals surface area contributed by atoms with Crippen molar-refractivity contribution in [2.45, 2.75) is 77.2 Å². The molecule has 8 N–H and O–H groups in total. The molecule has 0 aliphatic heterocycles. The van der Waals surface area contributed by atoms with E-state index in [1.807, 2.05) is 0 Å². The number of hydrogen-bond donors (Lipinski definition) is 8. The molecule has 0 amide bonds. The van der Waals surface area contributed by atoms with E-state index in [-0.39, 0.29) is 13.2 Å². The fourth-order valence-electron chi connectivity index (χ4n) is 1.64. The van der Waals surface area contributed by atoms with Gasteiger partial charge in [-0.1, -0.05) is 58.3 Å². The van der Waals surface area contributed by atoms with E-state index in [1.165, 1.54) is 44.9 Å². The van der Waals surface area contributed by atoms with Crippen LogP contribution in [0.5, 0.6) is 0 Å². The van der Waals surface area contributed by atoms with E-state index in [0.29, 0.717) is 6.42 Å². The van der Waals surface area contributed by atoms with E-state index in [9.17, 15) is 4.79 Å². The Balaban J connectivity index is -0.000000362. The molecule has 0 aromatic rings. The van der Waals surface area contributed by atoms with Gasteiger partial charge in [-0.3, -0.25) is 4.79 Å². The van der Waals surface area contributed by atoms with Crippen molar-refractivity contribution in [2.75, 3.05) is 13.2 Å². The number of carbonyl (C=O) groups is 1. The van der Waals surface area contributed by atoms with Gasteiger partial charge in [-0.05, 0) is 6.42 Å². The van der Waals surface area contributed by atoms with Gasteiger partial charge in [-0.2, -0.15) is 0 Å². The fraction of sp³-hybridized carbons (Fsp3) is 0.933. The minimum Gasteiger partial charge on any atom is -0.481 e. The SMILES string of the molecule is CCCCCCCCCCCC(=O)O.OCC(O)CO.O[Si](O)(O)O. The first kappa shape index (κ1) is 29.2. The highest BCUT2D eigenvalue weighted by molar-refractivity contribution is 6.46. The lowest BCUT2D eigenvalue weighted by molar-refractivity contribution is -0.137. The Hall–Kier alpha value is -0.593. The summed E-state index contributed by atoms with van der Waals surface area (Å²) in [5.74, 6) is -0.659. The van der Waals surface area contributed by atoms with Crippen molar-refractivity contribution in [1.82, 2.24) is 0 Å². The molecule has 0 aliphatic carbocycles. The number of rotatable bonds is 12. The van der Waals surface area contributed by atoms with Crippen LogP contribution < -0.4 is 0 Å². The molecule has 154 valence electrons. The van der Waals surface area contributed by atoms with E-state index in [2.05, 4.69) is 6.92 Å². The lowest BCUT2D eigenvalue weighted by Crippen LogP contribution is -2.33. The van der Waals surface area contributed by atoms with Crippen LogP contribution in [-0.2, 0) is 4.79 Å². The molecular weight excluding hydrogens is 352 g/mol. The number of carboxylic acids is 1. The molecule has 0 fully saturated rings. The van der Waals surface area contributed by atoms with E-state index >= 15 is 0 Å². The van der Waals surface area contributed by atoms with Gasteiger partial charge in [0, 0.05) is 6.42 Å². The highest BCUT2D eigenvalue weighted by Crippen LogP contribution is 2.10. The first-order valence-electron chi connectivity index (χ1n) is 8.59. The first-order valence-corrected chi connectivity index (χ1v) is 10.4. The second kappa shape index (κ2) is 21.4. The molecule has 0 aliphatic rings. The molecule has 0 rings (SSSR count). The summed E-state index contributed by atoms with van der Waals surface area (Å²) >= 11 is 0. The molecule has 0 radical (unpaired) electrons. The van der Waals surface area contributed by atoms with Crippen molar-refractivity contribution in [3.05, 3.63) is 0 Å². The van der Waals surface area contributed by atoms with Crippen LogP contribution >= 0.6 is 0 Å². The lowest BCUT2D eigenvalue weighted by atomic mass is 10.1. The maximum Gasteiger partial charge on any atom is 0.668 e. The zero-order chi connectivity index (χ0) is 20.1. The van der Waals surface area contributed by atoms with Crippen LogP contribution in [0.3, 0.4) is 0 Å². The number of aliphatic carboxylic acids is 1. The number of hydrogen-bond acceptors (Lipinski definition) is 8. The van der Waals surface area contributed by atoms with Crippen LogP contribution in [0.25, 0.3) is 0 Å². The third-order valence-electron chi connectivity index (χ3n) is 2.92. The molecule has 25 heavy (non-hydrogen) atoms.